The number of ether oxygens (including phenoxy) is 1. The van der Waals surface area contributed by atoms with Crippen LogP contribution in [0.15, 0.2) is 66.9 Å². The van der Waals surface area contributed by atoms with Crippen molar-refractivity contribution in [3.8, 4) is 0 Å². The molecule has 0 aliphatic rings. The zero-order valence-corrected chi connectivity index (χ0v) is 15.2. The van der Waals surface area contributed by atoms with Crippen molar-refractivity contribution < 1.29 is 32.3 Å². The van der Waals surface area contributed by atoms with Crippen LogP contribution in [-0.2, 0) is 14.3 Å². The summed E-state index contributed by atoms with van der Waals surface area (Å²) < 4.78 is 41.8. The van der Waals surface area contributed by atoms with E-state index in [-0.39, 0.29) is 11.3 Å². The van der Waals surface area contributed by atoms with E-state index in [1.165, 1.54) is 31.2 Å². The molecule has 0 radical (unpaired) electrons. The summed E-state index contributed by atoms with van der Waals surface area (Å²) in [5.41, 5.74) is 0.622. The highest BCUT2D eigenvalue weighted by molar-refractivity contribution is 6.00. The van der Waals surface area contributed by atoms with E-state index in [1.54, 1.807) is 30.3 Å². The van der Waals surface area contributed by atoms with Gasteiger partial charge in [0.25, 0.3) is 11.7 Å². The molecule has 0 unspecified atom stereocenters. The number of hydrogen-bond donors (Lipinski definition) is 2. The highest BCUT2D eigenvalue weighted by atomic mass is 19.4. The summed E-state index contributed by atoms with van der Waals surface area (Å²) in [6, 6.07) is 14.4. The molecule has 6 nitrogen and oxygen atoms in total. The van der Waals surface area contributed by atoms with Gasteiger partial charge in [0, 0.05) is 18.0 Å². The lowest BCUT2D eigenvalue weighted by atomic mass is 10.2. The van der Waals surface area contributed by atoms with E-state index in [4.69, 9.17) is 4.74 Å². The van der Waals surface area contributed by atoms with Crippen molar-refractivity contribution >= 4 is 29.0 Å². The zero-order valence-electron chi connectivity index (χ0n) is 15.2. The minimum absolute atomic E-state index is 0.0176. The predicted molar refractivity (Wildman–Crippen MR) is 100 cm³/mol. The average Bonchev–Trinajstić information content (AvgIpc) is 2.68. The molecule has 0 heterocycles. The lowest BCUT2D eigenvalue weighted by Gasteiger charge is -2.15. The maximum Gasteiger partial charge on any atom is 0.454 e. The first-order chi connectivity index (χ1) is 13.7. The fourth-order valence-electron chi connectivity index (χ4n) is 2.13. The van der Waals surface area contributed by atoms with Crippen molar-refractivity contribution in [3.05, 3.63) is 72.4 Å². The van der Waals surface area contributed by atoms with Gasteiger partial charge in [-0.15, -0.1) is 0 Å². The van der Waals surface area contributed by atoms with Gasteiger partial charge in [0.05, 0.1) is 11.3 Å². The van der Waals surface area contributed by atoms with E-state index < -0.39 is 29.9 Å². The molecule has 0 bridgehead atoms. The molecule has 2 aromatic carbocycles. The largest absolute Gasteiger partial charge is 0.454 e. The SMILES string of the molecule is C[C@H](OC(=O)c1ccccc1N/C=C/C(=O)C(F)(F)F)C(=O)Nc1ccccc1. The highest BCUT2D eigenvalue weighted by Gasteiger charge is 2.36. The normalized spacial score (nSPS) is 12.3. The standard InChI is InChI=1S/C20H17F3N2O4/c1-13(18(27)25-14-7-3-2-4-8-14)29-19(28)15-9-5-6-10-16(15)24-12-11-17(26)20(21,22)23/h2-13,24H,1H3,(H,25,27)/b12-11+/t13-/m0/s1. The summed E-state index contributed by atoms with van der Waals surface area (Å²) in [5, 5.41) is 5.02. The number of allylic oxidation sites excluding steroid dienone is 1. The molecule has 0 spiro atoms. The third kappa shape index (κ3) is 6.49. The van der Waals surface area contributed by atoms with E-state index in [1.807, 2.05) is 0 Å². The maximum atomic E-state index is 12.4. The Morgan fingerprint density at radius 3 is 2.28 bits per heavy atom. The fraction of sp³-hybridized carbons (Fsp3) is 0.150. The number of carbonyl (C=O) groups is 3. The molecule has 1 atom stereocenters. The van der Waals surface area contributed by atoms with Gasteiger partial charge >= 0.3 is 12.1 Å². The third-order valence-corrected chi connectivity index (χ3v) is 3.59. The van der Waals surface area contributed by atoms with Gasteiger partial charge in [-0.25, -0.2) is 4.79 Å². The first-order valence-electron chi connectivity index (χ1n) is 8.38. The van der Waals surface area contributed by atoms with E-state index in [0.717, 1.165) is 6.20 Å². The van der Waals surface area contributed by atoms with Crippen molar-refractivity contribution in [2.75, 3.05) is 10.6 Å². The molecule has 9 heteroatoms. The lowest BCUT2D eigenvalue weighted by Crippen LogP contribution is -2.30. The molecule has 0 saturated heterocycles. The van der Waals surface area contributed by atoms with Crippen LogP contribution in [0.25, 0.3) is 0 Å². The van der Waals surface area contributed by atoms with Gasteiger partial charge in [-0.05, 0) is 31.2 Å². The van der Waals surface area contributed by atoms with Crippen molar-refractivity contribution in [1.82, 2.24) is 0 Å². The second-order valence-corrected chi connectivity index (χ2v) is 5.79. The number of rotatable bonds is 7. The van der Waals surface area contributed by atoms with Crippen molar-refractivity contribution in [2.45, 2.75) is 19.2 Å². The first kappa shape index (κ1) is 21.7. The molecule has 2 aromatic rings. The first-order valence-corrected chi connectivity index (χ1v) is 8.38. The van der Waals surface area contributed by atoms with Crippen LogP contribution < -0.4 is 10.6 Å². The van der Waals surface area contributed by atoms with Gasteiger partial charge in [-0.1, -0.05) is 30.3 Å². The van der Waals surface area contributed by atoms with Crippen LogP contribution in [0.3, 0.4) is 0 Å². The summed E-state index contributed by atoms with van der Waals surface area (Å²) in [4.78, 5) is 35.4. The number of anilines is 2. The number of carbonyl (C=O) groups excluding carboxylic acids is 3. The van der Waals surface area contributed by atoms with Crippen molar-refractivity contribution in [3.63, 3.8) is 0 Å². The Kier molecular flexibility index (Phi) is 7.13. The van der Waals surface area contributed by atoms with Crippen LogP contribution in [0, 0.1) is 0 Å². The Balaban J connectivity index is 2.02. The number of ketones is 1. The van der Waals surface area contributed by atoms with E-state index >= 15 is 0 Å². The minimum Gasteiger partial charge on any atom is -0.449 e. The Labute approximate surface area is 164 Å². The van der Waals surface area contributed by atoms with Gasteiger partial charge in [0.15, 0.2) is 6.10 Å². The fourth-order valence-corrected chi connectivity index (χ4v) is 2.13. The molecule has 29 heavy (non-hydrogen) atoms. The number of para-hydroxylation sites is 2. The number of nitrogens with one attached hydrogen (secondary N) is 2. The van der Waals surface area contributed by atoms with E-state index in [0.29, 0.717) is 11.8 Å². The predicted octanol–water partition coefficient (Wildman–Crippen LogP) is 3.93. The summed E-state index contributed by atoms with van der Waals surface area (Å²) in [6.45, 7) is 1.38. The molecule has 0 aliphatic heterocycles. The lowest BCUT2D eigenvalue weighted by molar-refractivity contribution is -0.165. The van der Waals surface area contributed by atoms with Crippen LogP contribution in [-0.4, -0.2) is 29.9 Å². The highest BCUT2D eigenvalue weighted by Crippen LogP contribution is 2.19. The molecule has 0 aliphatic carbocycles. The molecule has 0 fully saturated rings. The molecule has 0 aromatic heterocycles. The molecule has 152 valence electrons. The summed E-state index contributed by atoms with van der Waals surface area (Å²) in [6.07, 6.45) is -5.04. The molecule has 0 saturated carbocycles. The average molecular weight is 406 g/mol. The van der Waals surface area contributed by atoms with Crippen LogP contribution >= 0.6 is 0 Å². The quantitative estimate of drug-likeness (QED) is 0.538. The smallest absolute Gasteiger partial charge is 0.449 e. The zero-order chi connectivity index (χ0) is 21.4. The Morgan fingerprint density at radius 2 is 1.62 bits per heavy atom. The van der Waals surface area contributed by atoms with Gasteiger partial charge in [-0.3, -0.25) is 9.59 Å². The molecule has 2 rings (SSSR count). The van der Waals surface area contributed by atoms with Gasteiger partial charge in [0.1, 0.15) is 0 Å². The number of alkyl halides is 3. The number of amides is 1. The second-order valence-electron chi connectivity index (χ2n) is 5.79. The molecular formula is C20H17F3N2O4. The summed E-state index contributed by atoms with van der Waals surface area (Å²) in [7, 11) is 0. The van der Waals surface area contributed by atoms with Crippen LogP contribution in [0.1, 0.15) is 17.3 Å². The van der Waals surface area contributed by atoms with Crippen LogP contribution in [0.4, 0.5) is 24.5 Å². The third-order valence-electron chi connectivity index (χ3n) is 3.59. The van der Waals surface area contributed by atoms with Gasteiger partial charge in [-0.2, -0.15) is 13.2 Å². The Morgan fingerprint density at radius 1 is 1.00 bits per heavy atom. The van der Waals surface area contributed by atoms with Crippen molar-refractivity contribution in [1.29, 1.82) is 0 Å². The van der Waals surface area contributed by atoms with Gasteiger partial charge in [0.2, 0.25) is 0 Å². The second kappa shape index (κ2) is 9.54. The number of benzene rings is 2. The Hall–Kier alpha value is -3.62. The Bertz CT molecular complexity index is 911. The van der Waals surface area contributed by atoms with Crippen LogP contribution in [0.2, 0.25) is 0 Å². The van der Waals surface area contributed by atoms with Gasteiger partial charge < -0.3 is 15.4 Å². The molecular weight excluding hydrogens is 389 g/mol. The number of esters is 1. The molecule has 2 N–H and O–H groups in total. The summed E-state index contributed by atoms with van der Waals surface area (Å²) in [5.74, 6) is -3.46. The maximum absolute atomic E-state index is 12.4. The van der Waals surface area contributed by atoms with E-state index in [9.17, 15) is 27.6 Å². The summed E-state index contributed by atoms with van der Waals surface area (Å²) >= 11 is 0. The van der Waals surface area contributed by atoms with Crippen molar-refractivity contribution in [2.24, 2.45) is 0 Å². The number of hydrogen-bond acceptors (Lipinski definition) is 5. The van der Waals surface area contributed by atoms with E-state index in [2.05, 4.69) is 10.6 Å². The van der Waals surface area contributed by atoms with Crippen LogP contribution in [0.5, 0.6) is 0 Å². The minimum atomic E-state index is -4.99. The number of halogens is 3. The molecule has 1 amide bonds. The topological polar surface area (TPSA) is 84.5 Å². The monoisotopic (exact) mass is 406 g/mol.